The Morgan fingerprint density at radius 1 is 1.50 bits per heavy atom. The second-order valence-electron chi connectivity index (χ2n) is 4.22. The van der Waals surface area contributed by atoms with Crippen molar-refractivity contribution in [3.05, 3.63) is 0 Å². The van der Waals surface area contributed by atoms with Gasteiger partial charge in [0.05, 0.1) is 0 Å². The largest absolute Gasteiger partial charge is 0.480 e. The predicted octanol–water partition coefficient (Wildman–Crippen LogP) is 0.782. The van der Waals surface area contributed by atoms with Crippen molar-refractivity contribution in [2.24, 2.45) is 5.92 Å². The minimum atomic E-state index is -1.00. The van der Waals surface area contributed by atoms with Gasteiger partial charge in [0, 0.05) is 26.6 Å². The zero-order valence-corrected chi connectivity index (χ0v) is 9.57. The van der Waals surface area contributed by atoms with E-state index in [2.05, 4.69) is 5.32 Å². The van der Waals surface area contributed by atoms with E-state index < -0.39 is 12.0 Å². The number of carbonyl (C=O) groups is 2. The first-order valence-corrected chi connectivity index (χ1v) is 5.64. The van der Waals surface area contributed by atoms with Gasteiger partial charge in [-0.15, -0.1) is 0 Å². The number of hydrogen-bond donors (Lipinski definition) is 2. The fourth-order valence-electron chi connectivity index (χ4n) is 1.50. The molecule has 5 heteroatoms. The number of carbonyl (C=O) groups excluding carboxylic acids is 1. The third-order valence-electron chi connectivity index (χ3n) is 2.72. The zero-order valence-electron chi connectivity index (χ0n) is 9.57. The molecule has 0 aliphatic heterocycles. The second-order valence-corrected chi connectivity index (χ2v) is 4.22. The Hall–Kier alpha value is -1.10. The monoisotopic (exact) mass is 229 g/mol. The quantitative estimate of drug-likeness (QED) is 0.645. The van der Waals surface area contributed by atoms with Gasteiger partial charge in [-0.25, -0.2) is 4.79 Å². The molecular weight excluding hydrogens is 210 g/mol. The summed E-state index contributed by atoms with van der Waals surface area (Å²) in [6.07, 6.45) is 4.03. The highest BCUT2D eigenvalue weighted by Crippen LogP contribution is 2.33. The van der Waals surface area contributed by atoms with Gasteiger partial charge in [-0.05, 0) is 12.3 Å². The van der Waals surface area contributed by atoms with Crippen LogP contribution in [0.25, 0.3) is 0 Å². The van der Waals surface area contributed by atoms with Crippen LogP contribution < -0.4 is 5.32 Å². The average molecular weight is 229 g/mol. The molecule has 0 aromatic heterocycles. The molecule has 1 rings (SSSR count). The maximum atomic E-state index is 11.4. The normalized spacial score (nSPS) is 16.8. The summed E-state index contributed by atoms with van der Waals surface area (Å²) in [5, 5.41) is 11.4. The van der Waals surface area contributed by atoms with E-state index in [-0.39, 0.29) is 5.91 Å². The van der Waals surface area contributed by atoms with Crippen LogP contribution >= 0.6 is 0 Å². The number of nitrogens with one attached hydrogen (secondary N) is 1. The van der Waals surface area contributed by atoms with Crippen molar-refractivity contribution in [1.29, 1.82) is 0 Å². The average Bonchev–Trinajstić information content (AvgIpc) is 3.04. The first-order valence-electron chi connectivity index (χ1n) is 5.64. The lowest BCUT2D eigenvalue weighted by atomic mass is 10.2. The summed E-state index contributed by atoms with van der Waals surface area (Å²) >= 11 is 0. The van der Waals surface area contributed by atoms with E-state index >= 15 is 0 Å². The molecule has 92 valence electrons. The first-order chi connectivity index (χ1) is 7.63. The van der Waals surface area contributed by atoms with Gasteiger partial charge in [0.2, 0.25) is 5.91 Å². The fraction of sp³-hybridized carbons (Fsp3) is 0.818. The fourth-order valence-corrected chi connectivity index (χ4v) is 1.50. The molecule has 0 saturated heterocycles. The van der Waals surface area contributed by atoms with Crippen molar-refractivity contribution >= 4 is 11.9 Å². The molecule has 2 N–H and O–H groups in total. The van der Waals surface area contributed by atoms with Crippen LogP contribution in [0.3, 0.4) is 0 Å². The number of aliphatic carboxylic acids is 1. The lowest BCUT2D eigenvalue weighted by molar-refractivity contribution is -0.142. The first kappa shape index (κ1) is 13.0. The lowest BCUT2D eigenvalue weighted by Crippen LogP contribution is -2.41. The summed E-state index contributed by atoms with van der Waals surface area (Å²) in [4.78, 5) is 22.3. The van der Waals surface area contributed by atoms with Gasteiger partial charge in [-0.2, -0.15) is 0 Å². The van der Waals surface area contributed by atoms with Gasteiger partial charge in [-0.3, -0.25) is 4.79 Å². The van der Waals surface area contributed by atoms with Crippen LogP contribution in [-0.2, 0) is 14.3 Å². The Kier molecular flexibility index (Phi) is 5.25. The zero-order chi connectivity index (χ0) is 12.0. The third-order valence-corrected chi connectivity index (χ3v) is 2.72. The molecule has 1 saturated carbocycles. The van der Waals surface area contributed by atoms with Gasteiger partial charge >= 0.3 is 5.97 Å². The summed E-state index contributed by atoms with van der Waals surface area (Å²) in [5.41, 5.74) is 0. The van der Waals surface area contributed by atoms with E-state index in [4.69, 9.17) is 9.84 Å². The van der Waals surface area contributed by atoms with E-state index in [1.807, 2.05) is 0 Å². The van der Waals surface area contributed by atoms with Crippen LogP contribution in [0.15, 0.2) is 0 Å². The van der Waals surface area contributed by atoms with Crippen LogP contribution in [-0.4, -0.2) is 36.7 Å². The van der Waals surface area contributed by atoms with E-state index in [9.17, 15) is 9.59 Å². The van der Waals surface area contributed by atoms with Crippen molar-refractivity contribution in [2.45, 2.75) is 38.1 Å². The highest BCUT2D eigenvalue weighted by atomic mass is 16.5. The summed E-state index contributed by atoms with van der Waals surface area (Å²) in [7, 11) is 1.51. The summed E-state index contributed by atoms with van der Waals surface area (Å²) in [6.45, 7) is 0.333. The highest BCUT2D eigenvalue weighted by molar-refractivity contribution is 5.83. The lowest BCUT2D eigenvalue weighted by Gasteiger charge is -2.13. The van der Waals surface area contributed by atoms with Crippen molar-refractivity contribution < 1.29 is 19.4 Å². The molecule has 16 heavy (non-hydrogen) atoms. The molecule has 1 aliphatic carbocycles. The van der Waals surface area contributed by atoms with Crippen molar-refractivity contribution in [2.75, 3.05) is 13.7 Å². The topological polar surface area (TPSA) is 75.6 Å². The Labute approximate surface area is 95.2 Å². The molecule has 1 amide bonds. The molecule has 1 fully saturated rings. The summed E-state index contributed by atoms with van der Waals surface area (Å²) in [6, 6.07) is -0.827. The van der Waals surface area contributed by atoms with Crippen LogP contribution in [0.2, 0.25) is 0 Å². The molecule has 0 spiro atoms. The van der Waals surface area contributed by atoms with Crippen LogP contribution in [0.5, 0.6) is 0 Å². The molecule has 0 aromatic carbocycles. The number of rotatable bonds is 8. The molecule has 0 bridgehead atoms. The minimum Gasteiger partial charge on any atom is -0.480 e. The van der Waals surface area contributed by atoms with E-state index in [0.29, 0.717) is 25.4 Å². The summed E-state index contributed by atoms with van der Waals surface area (Å²) < 4.78 is 4.80. The molecule has 1 aliphatic rings. The van der Waals surface area contributed by atoms with Gasteiger partial charge in [0.25, 0.3) is 0 Å². The number of amides is 1. The Morgan fingerprint density at radius 2 is 2.19 bits per heavy atom. The molecule has 0 heterocycles. The maximum absolute atomic E-state index is 11.4. The Bertz CT molecular complexity index is 250. The number of ether oxygens (including phenoxy) is 1. The highest BCUT2D eigenvalue weighted by Gasteiger charge is 2.24. The number of hydrogen-bond acceptors (Lipinski definition) is 3. The molecule has 0 radical (unpaired) electrons. The molecule has 1 unspecified atom stereocenters. The minimum absolute atomic E-state index is 0.171. The SMILES string of the molecule is COCCC(NC(=O)CCC1CC1)C(=O)O. The Morgan fingerprint density at radius 3 is 2.69 bits per heavy atom. The Balaban J connectivity index is 2.22. The standard InChI is InChI=1S/C11H19NO4/c1-16-7-6-9(11(14)15)12-10(13)5-4-8-2-3-8/h8-9H,2-7H2,1H3,(H,12,13)(H,14,15). The number of methoxy groups -OCH3 is 1. The smallest absolute Gasteiger partial charge is 0.326 e. The van der Waals surface area contributed by atoms with Crippen LogP contribution in [0.1, 0.15) is 32.1 Å². The van der Waals surface area contributed by atoms with Crippen molar-refractivity contribution in [3.63, 3.8) is 0 Å². The number of carboxylic acid groups (broad SMARTS) is 1. The van der Waals surface area contributed by atoms with Gasteiger partial charge in [0.15, 0.2) is 0 Å². The van der Waals surface area contributed by atoms with E-state index in [1.54, 1.807) is 0 Å². The predicted molar refractivity (Wildman–Crippen MR) is 58.0 cm³/mol. The van der Waals surface area contributed by atoms with Crippen molar-refractivity contribution in [1.82, 2.24) is 5.32 Å². The number of carboxylic acids is 1. The molecular formula is C11H19NO4. The maximum Gasteiger partial charge on any atom is 0.326 e. The second kappa shape index (κ2) is 6.48. The molecule has 0 aromatic rings. The van der Waals surface area contributed by atoms with E-state index in [1.165, 1.54) is 20.0 Å². The van der Waals surface area contributed by atoms with Crippen LogP contribution in [0.4, 0.5) is 0 Å². The van der Waals surface area contributed by atoms with Gasteiger partial charge < -0.3 is 15.2 Å². The summed E-state index contributed by atoms with van der Waals surface area (Å²) in [5.74, 6) is -0.486. The van der Waals surface area contributed by atoms with Crippen molar-refractivity contribution in [3.8, 4) is 0 Å². The van der Waals surface area contributed by atoms with Gasteiger partial charge in [0.1, 0.15) is 6.04 Å². The van der Waals surface area contributed by atoms with E-state index in [0.717, 1.165) is 6.42 Å². The third kappa shape index (κ3) is 5.11. The van der Waals surface area contributed by atoms with Gasteiger partial charge in [-0.1, -0.05) is 12.8 Å². The molecule has 5 nitrogen and oxygen atoms in total. The van der Waals surface area contributed by atoms with Crippen LogP contribution in [0, 0.1) is 5.92 Å². The molecule has 1 atom stereocenters.